The van der Waals surface area contributed by atoms with Gasteiger partial charge >= 0.3 is 0 Å². The van der Waals surface area contributed by atoms with E-state index in [1.807, 2.05) is 0 Å². The van der Waals surface area contributed by atoms with E-state index in [-0.39, 0.29) is 12.8 Å². The number of hydrogen-bond donors (Lipinski definition) is 0. The lowest BCUT2D eigenvalue weighted by Crippen LogP contribution is -2.33. The van der Waals surface area contributed by atoms with Crippen molar-refractivity contribution in [1.82, 2.24) is 0 Å². The van der Waals surface area contributed by atoms with E-state index in [9.17, 15) is 13.9 Å². The maximum absolute atomic E-state index is 12.7. The molecule has 1 atom stereocenters. The highest BCUT2D eigenvalue weighted by Gasteiger charge is 2.39. The highest BCUT2D eigenvalue weighted by atomic mass is 19.3. The van der Waals surface area contributed by atoms with Gasteiger partial charge in [-0.25, -0.2) is 13.9 Å². The fourth-order valence-electron chi connectivity index (χ4n) is 1.42. The minimum Gasteiger partial charge on any atom is -0.226 e. The molecule has 0 spiro atoms. The van der Waals surface area contributed by atoms with Crippen molar-refractivity contribution in [3.63, 3.8) is 0 Å². The molecule has 0 N–H and O–H groups in total. The Labute approximate surface area is 65.4 Å². The Morgan fingerprint density at radius 1 is 1.09 bits per heavy atom. The molecule has 1 fully saturated rings. The van der Waals surface area contributed by atoms with Crippen molar-refractivity contribution in [2.45, 2.75) is 50.6 Å². The molecule has 0 aromatic carbocycles. The minimum absolute atomic E-state index is 0.146. The monoisotopic (exact) mass is 163 g/mol. The van der Waals surface area contributed by atoms with Crippen LogP contribution in [-0.2, 0) is 5.11 Å². The lowest BCUT2D eigenvalue weighted by atomic mass is 9.95. The first-order valence-electron chi connectivity index (χ1n) is 4.16. The third-order valence-electron chi connectivity index (χ3n) is 2.20. The predicted octanol–water partition coefficient (Wildman–Crippen LogP) is 2.78. The highest BCUT2D eigenvalue weighted by molar-refractivity contribution is 4.77. The van der Waals surface area contributed by atoms with Gasteiger partial charge in [0.05, 0.1) is 0 Å². The fourth-order valence-corrected chi connectivity index (χ4v) is 1.42. The third-order valence-corrected chi connectivity index (χ3v) is 2.20. The second-order valence-corrected chi connectivity index (χ2v) is 3.20. The fraction of sp³-hybridized carbons (Fsp3) is 1.00. The van der Waals surface area contributed by atoms with E-state index in [4.69, 9.17) is 0 Å². The third kappa shape index (κ3) is 2.40. The molecule has 65 valence electrons. The Bertz CT molecular complexity index is 125. The van der Waals surface area contributed by atoms with Gasteiger partial charge in [-0.2, -0.15) is 0 Å². The van der Waals surface area contributed by atoms with Crippen LogP contribution in [-0.4, -0.2) is 12.0 Å². The van der Waals surface area contributed by atoms with Crippen LogP contribution in [0.1, 0.15) is 38.5 Å². The number of hydrogen-bond acceptors (Lipinski definition) is 0. The standard InChI is InChI=1S/C8H13F2O/c9-8(10)6-4-2-1-3-5-7(8)11/h7H,1-6H2. The Kier molecular flexibility index (Phi) is 2.82. The molecular weight excluding hydrogens is 150 g/mol. The van der Waals surface area contributed by atoms with Gasteiger partial charge in [-0.15, -0.1) is 0 Å². The van der Waals surface area contributed by atoms with Gasteiger partial charge in [0.15, 0.2) is 6.10 Å². The SMILES string of the molecule is [O]C1CCCCCCC1(F)F. The van der Waals surface area contributed by atoms with Gasteiger partial charge in [0, 0.05) is 6.42 Å². The Morgan fingerprint density at radius 3 is 2.45 bits per heavy atom. The van der Waals surface area contributed by atoms with Crippen molar-refractivity contribution in [2.75, 3.05) is 0 Å². The van der Waals surface area contributed by atoms with Crippen LogP contribution in [0, 0.1) is 0 Å². The topological polar surface area (TPSA) is 19.9 Å². The molecule has 0 bridgehead atoms. The first kappa shape index (κ1) is 8.91. The average Bonchev–Trinajstić information content (AvgIpc) is 1.93. The molecule has 3 heteroatoms. The van der Waals surface area contributed by atoms with E-state index in [0.717, 1.165) is 12.8 Å². The van der Waals surface area contributed by atoms with Gasteiger partial charge in [0.25, 0.3) is 5.92 Å². The van der Waals surface area contributed by atoms with Crippen molar-refractivity contribution in [3.8, 4) is 0 Å². The largest absolute Gasteiger partial charge is 0.276 e. The maximum atomic E-state index is 12.7. The molecule has 0 heterocycles. The van der Waals surface area contributed by atoms with Crippen LogP contribution in [0.25, 0.3) is 0 Å². The van der Waals surface area contributed by atoms with Crippen LogP contribution in [0.4, 0.5) is 8.78 Å². The molecular formula is C8H13F2O. The quantitative estimate of drug-likeness (QED) is 0.523. The Morgan fingerprint density at radius 2 is 1.73 bits per heavy atom. The molecule has 1 aliphatic rings. The molecule has 1 nitrogen and oxygen atoms in total. The lowest BCUT2D eigenvalue weighted by Gasteiger charge is -2.22. The molecule has 0 aliphatic heterocycles. The summed E-state index contributed by atoms with van der Waals surface area (Å²) in [5.74, 6) is -2.94. The first-order valence-corrected chi connectivity index (χ1v) is 4.16. The summed E-state index contributed by atoms with van der Waals surface area (Å²) >= 11 is 0. The molecule has 1 aliphatic carbocycles. The normalized spacial score (nSPS) is 32.5. The van der Waals surface area contributed by atoms with E-state index < -0.39 is 12.0 Å². The van der Waals surface area contributed by atoms with Crippen LogP contribution in [0.5, 0.6) is 0 Å². The summed E-state index contributed by atoms with van der Waals surface area (Å²) in [6.07, 6.45) is 1.25. The van der Waals surface area contributed by atoms with Crippen LogP contribution < -0.4 is 0 Å². The van der Waals surface area contributed by atoms with Gasteiger partial charge < -0.3 is 0 Å². The van der Waals surface area contributed by atoms with Crippen molar-refractivity contribution < 1.29 is 13.9 Å². The van der Waals surface area contributed by atoms with Gasteiger partial charge in [-0.3, -0.25) is 0 Å². The molecule has 1 rings (SSSR count). The highest BCUT2D eigenvalue weighted by Crippen LogP contribution is 2.31. The molecule has 0 saturated heterocycles. The minimum atomic E-state index is -2.94. The average molecular weight is 163 g/mol. The summed E-state index contributed by atoms with van der Waals surface area (Å²) in [5, 5.41) is 10.8. The van der Waals surface area contributed by atoms with E-state index in [1.54, 1.807) is 0 Å². The summed E-state index contributed by atoms with van der Waals surface area (Å²) in [6.45, 7) is 0. The van der Waals surface area contributed by atoms with E-state index in [1.165, 1.54) is 0 Å². The van der Waals surface area contributed by atoms with Gasteiger partial charge in [0.1, 0.15) is 0 Å². The van der Waals surface area contributed by atoms with E-state index >= 15 is 0 Å². The first-order chi connectivity index (χ1) is 5.13. The Hall–Kier alpha value is -0.180. The second-order valence-electron chi connectivity index (χ2n) is 3.20. The lowest BCUT2D eigenvalue weighted by molar-refractivity contribution is -0.146. The maximum Gasteiger partial charge on any atom is 0.276 e. The summed E-state index contributed by atoms with van der Waals surface area (Å²) in [4.78, 5) is 0. The number of halogens is 2. The van der Waals surface area contributed by atoms with Crippen LogP contribution in [0.15, 0.2) is 0 Å². The number of alkyl halides is 2. The summed E-state index contributed by atoms with van der Waals surface area (Å²) in [7, 11) is 0. The van der Waals surface area contributed by atoms with Gasteiger partial charge in [-0.05, 0) is 12.8 Å². The van der Waals surface area contributed by atoms with Crippen molar-refractivity contribution in [3.05, 3.63) is 0 Å². The molecule has 11 heavy (non-hydrogen) atoms. The summed E-state index contributed by atoms with van der Waals surface area (Å²) in [5.41, 5.74) is 0. The van der Waals surface area contributed by atoms with Crippen molar-refractivity contribution in [2.24, 2.45) is 0 Å². The van der Waals surface area contributed by atoms with Gasteiger partial charge in [-0.1, -0.05) is 19.3 Å². The summed E-state index contributed by atoms with van der Waals surface area (Å²) in [6, 6.07) is 0. The van der Waals surface area contributed by atoms with Crippen LogP contribution in [0.3, 0.4) is 0 Å². The van der Waals surface area contributed by atoms with E-state index in [0.29, 0.717) is 12.8 Å². The summed E-state index contributed by atoms with van der Waals surface area (Å²) < 4.78 is 25.5. The van der Waals surface area contributed by atoms with Crippen LogP contribution in [0.2, 0.25) is 0 Å². The van der Waals surface area contributed by atoms with Gasteiger partial charge in [0.2, 0.25) is 0 Å². The Balaban J connectivity index is 2.47. The molecule has 1 unspecified atom stereocenters. The van der Waals surface area contributed by atoms with Crippen LogP contribution >= 0.6 is 0 Å². The zero-order chi connectivity index (χ0) is 8.32. The molecule has 0 aromatic heterocycles. The molecule has 0 amide bonds. The molecule has 0 aromatic rings. The molecule has 1 saturated carbocycles. The molecule has 1 radical (unpaired) electrons. The zero-order valence-electron chi connectivity index (χ0n) is 6.48. The smallest absolute Gasteiger partial charge is 0.226 e. The predicted molar refractivity (Wildman–Crippen MR) is 37.1 cm³/mol. The van der Waals surface area contributed by atoms with Crippen molar-refractivity contribution in [1.29, 1.82) is 0 Å². The zero-order valence-corrected chi connectivity index (χ0v) is 6.48. The van der Waals surface area contributed by atoms with E-state index in [2.05, 4.69) is 0 Å². The number of rotatable bonds is 0. The van der Waals surface area contributed by atoms with Crippen molar-refractivity contribution >= 4 is 0 Å². The second kappa shape index (κ2) is 3.48.